The van der Waals surface area contributed by atoms with E-state index >= 15 is 0 Å². The van der Waals surface area contributed by atoms with Crippen LogP contribution in [0, 0.1) is 5.92 Å². The normalized spacial score (nSPS) is 15.6. The molecular formula is C13H15BrN4. The molecule has 1 saturated carbocycles. The first-order valence-corrected chi connectivity index (χ1v) is 6.98. The Balaban J connectivity index is 1.93. The van der Waals surface area contributed by atoms with Gasteiger partial charge < -0.3 is 11.1 Å². The number of nitrogens with zero attached hydrogens (tertiary/aromatic N) is 2. The van der Waals surface area contributed by atoms with Gasteiger partial charge in [0.2, 0.25) is 5.95 Å². The molecule has 0 amide bonds. The fourth-order valence-electron chi connectivity index (χ4n) is 2.19. The summed E-state index contributed by atoms with van der Waals surface area (Å²) < 4.78 is 0.998. The Morgan fingerprint density at radius 3 is 2.89 bits per heavy atom. The van der Waals surface area contributed by atoms with Crippen LogP contribution >= 0.6 is 15.9 Å². The minimum atomic E-state index is 0.316. The highest BCUT2D eigenvalue weighted by atomic mass is 79.9. The molecule has 2 aromatic rings. The van der Waals surface area contributed by atoms with Crippen molar-refractivity contribution in [3.05, 3.63) is 22.7 Å². The highest BCUT2D eigenvalue weighted by Gasteiger charge is 2.17. The summed E-state index contributed by atoms with van der Waals surface area (Å²) in [7, 11) is 0. The number of hydrogen-bond acceptors (Lipinski definition) is 4. The van der Waals surface area contributed by atoms with Crippen LogP contribution < -0.4 is 11.1 Å². The van der Waals surface area contributed by atoms with Crippen molar-refractivity contribution in [3.63, 3.8) is 0 Å². The quantitative estimate of drug-likeness (QED) is 0.914. The average Bonchev–Trinajstić information content (AvgIpc) is 2.25. The van der Waals surface area contributed by atoms with Crippen LogP contribution in [0.5, 0.6) is 0 Å². The van der Waals surface area contributed by atoms with E-state index in [1.54, 1.807) is 0 Å². The monoisotopic (exact) mass is 306 g/mol. The fraction of sp³-hybridized carbons (Fsp3) is 0.385. The topological polar surface area (TPSA) is 63.8 Å². The van der Waals surface area contributed by atoms with E-state index in [1.807, 2.05) is 18.2 Å². The average molecular weight is 307 g/mol. The van der Waals surface area contributed by atoms with Gasteiger partial charge in [0.1, 0.15) is 5.82 Å². The summed E-state index contributed by atoms with van der Waals surface area (Å²) in [6.45, 7) is 0.974. The Morgan fingerprint density at radius 2 is 2.17 bits per heavy atom. The summed E-state index contributed by atoms with van der Waals surface area (Å²) in [5, 5.41) is 4.42. The van der Waals surface area contributed by atoms with E-state index in [4.69, 9.17) is 5.73 Å². The van der Waals surface area contributed by atoms with Gasteiger partial charge in [0.25, 0.3) is 0 Å². The van der Waals surface area contributed by atoms with Gasteiger partial charge in [0, 0.05) is 16.4 Å². The third kappa shape index (κ3) is 2.27. The molecule has 3 N–H and O–H groups in total. The summed E-state index contributed by atoms with van der Waals surface area (Å²) in [6.07, 6.45) is 3.99. The highest BCUT2D eigenvalue weighted by Crippen LogP contribution is 2.28. The molecular weight excluding hydrogens is 292 g/mol. The number of nitrogens with two attached hydrogens (primary N) is 1. The number of aromatic nitrogens is 2. The van der Waals surface area contributed by atoms with Crippen molar-refractivity contribution >= 4 is 38.6 Å². The van der Waals surface area contributed by atoms with Gasteiger partial charge in [0.15, 0.2) is 0 Å². The molecule has 0 bridgehead atoms. The molecule has 0 aliphatic heterocycles. The Bertz CT molecular complexity index is 575. The van der Waals surface area contributed by atoms with E-state index < -0.39 is 0 Å². The van der Waals surface area contributed by atoms with E-state index in [0.717, 1.165) is 33.7 Å². The molecule has 0 unspecified atom stereocenters. The van der Waals surface area contributed by atoms with Crippen molar-refractivity contribution in [2.45, 2.75) is 19.3 Å². The van der Waals surface area contributed by atoms with E-state index in [0.29, 0.717) is 5.95 Å². The van der Waals surface area contributed by atoms with Gasteiger partial charge in [-0.2, -0.15) is 4.98 Å². The molecule has 4 nitrogen and oxygen atoms in total. The number of anilines is 2. The molecule has 1 heterocycles. The minimum Gasteiger partial charge on any atom is -0.369 e. The van der Waals surface area contributed by atoms with Gasteiger partial charge in [-0.1, -0.05) is 22.4 Å². The zero-order valence-electron chi connectivity index (χ0n) is 9.99. The predicted octanol–water partition coefficient (Wildman–Crippen LogP) is 3.19. The number of fused-ring (bicyclic) bond motifs is 1. The molecule has 1 aromatic heterocycles. The number of hydrogen-bond donors (Lipinski definition) is 2. The van der Waals surface area contributed by atoms with E-state index in [9.17, 15) is 0 Å². The minimum absolute atomic E-state index is 0.316. The molecule has 0 saturated heterocycles. The Kier molecular flexibility index (Phi) is 3.07. The summed E-state index contributed by atoms with van der Waals surface area (Å²) in [4.78, 5) is 8.56. The van der Waals surface area contributed by atoms with Gasteiger partial charge in [-0.05, 0) is 37.0 Å². The first kappa shape index (κ1) is 11.7. The molecule has 18 heavy (non-hydrogen) atoms. The summed E-state index contributed by atoms with van der Waals surface area (Å²) in [5.41, 5.74) is 6.62. The van der Waals surface area contributed by atoms with Gasteiger partial charge in [-0.3, -0.25) is 0 Å². The predicted molar refractivity (Wildman–Crippen MR) is 77.5 cm³/mol. The van der Waals surface area contributed by atoms with E-state index in [1.165, 1.54) is 19.3 Å². The summed E-state index contributed by atoms with van der Waals surface area (Å²) in [5.74, 6) is 1.94. The number of halogens is 1. The van der Waals surface area contributed by atoms with Crippen LogP contribution in [-0.2, 0) is 0 Å². The maximum absolute atomic E-state index is 5.75. The van der Waals surface area contributed by atoms with Crippen LogP contribution in [0.4, 0.5) is 11.8 Å². The fourth-order valence-corrected chi connectivity index (χ4v) is 2.54. The number of rotatable bonds is 3. The lowest BCUT2D eigenvalue weighted by Gasteiger charge is -2.25. The molecule has 0 atom stereocenters. The second-order valence-corrected chi connectivity index (χ2v) is 5.69. The molecule has 0 spiro atoms. The first-order chi connectivity index (χ1) is 8.72. The van der Waals surface area contributed by atoms with Crippen molar-refractivity contribution in [1.29, 1.82) is 0 Å². The lowest BCUT2D eigenvalue weighted by atomic mass is 9.85. The zero-order valence-corrected chi connectivity index (χ0v) is 11.6. The summed E-state index contributed by atoms with van der Waals surface area (Å²) in [6, 6.07) is 5.97. The largest absolute Gasteiger partial charge is 0.369 e. The molecule has 1 aliphatic rings. The SMILES string of the molecule is Nc1nc(NCC2CCC2)c2ccc(Br)cc2n1. The van der Waals surface area contributed by atoms with Gasteiger partial charge in [-0.25, -0.2) is 4.98 Å². The van der Waals surface area contributed by atoms with Crippen molar-refractivity contribution in [3.8, 4) is 0 Å². The first-order valence-electron chi connectivity index (χ1n) is 6.19. The molecule has 94 valence electrons. The van der Waals surface area contributed by atoms with Crippen LogP contribution in [-0.4, -0.2) is 16.5 Å². The lowest BCUT2D eigenvalue weighted by Crippen LogP contribution is -2.21. The smallest absolute Gasteiger partial charge is 0.222 e. The van der Waals surface area contributed by atoms with Crippen molar-refractivity contribution in [1.82, 2.24) is 9.97 Å². The maximum atomic E-state index is 5.75. The number of nitrogen functional groups attached to an aromatic ring is 1. The molecule has 1 fully saturated rings. The molecule has 3 rings (SSSR count). The number of nitrogens with one attached hydrogen (secondary N) is 1. The lowest BCUT2D eigenvalue weighted by molar-refractivity contribution is 0.333. The third-order valence-corrected chi connectivity index (χ3v) is 3.95. The van der Waals surface area contributed by atoms with Crippen molar-refractivity contribution < 1.29 is 0 Å². The van der Waals surface area contributed by atoms with E-state index in [2.05, 4.69) is 31.2 Å². The highest BCUT2D eigenvalue weighted by molar-refractivity contribution is 9.10. The Labute approximate surface area is 114 Å². The van der Waals surface area contributed by atoms with Gasteiger partial charge in [-0.15, -0.1) is 0 Å². The second-order valence-electron chi connectivity index (χ2n) is 4.77. The Hall–Kier alpha value is -1.36. The molecule has 1 aromatic carbocycles. The number of benzene rings is 1. The maximum Gasteiger partial charge on any atom is 0.222 e. The second kappa shape index (κ2) is 4.72. The van der Waals surface area contributed by atoms with Gasteiger partial charge in [0.05, 0.1) is 5.52 Å². The summed E-state index contributed by atoms with van der Waals surface area (Å²) >= 11 is 3.44. The van der Waals surface area contributed by atoms with Crippen LogP contribution in [0.15, 0.2) is 22.7 Å². The van der Waals surface area contributed by atoms with E-state index in [-0.39, 0.29) is 0 Å². The zero-order chi connectivity index (χ0) is 12.5. The van der Waals surface area contributed by atoms with Crippen molar-refractivity contribution in [2.75, 3.05) is 17.6 Å². The molecule has 0 radical (unpaired) electrons. The molecule has 5 heteroatoms. The van der Waals surface area contributed by atoms with Crippen LogP contribution in [0.25, 0.3) is 10.9 Å². The Morgan fingerprint density at radius 1 is 1.33 bits per heavy atom. The standard InChI is InChI=1S/C13H15BrN4/c14-9-4-5-10-11(6-9)17-13(15)18-12(10)16-7-8-2-1-3-8/h4-6,8H,1-3,7H2,(H3,15,16,17,18). The van der Waals surface area contributed by atoms with Crippen molar-refractivity contribution in [2.24, 2.45) is 5.92 Å². The van der Waals surface area contributed by atoms with Crippen LogP contribution in [0.3, 0.4) is 0 Å². The molecule has 1 aliphatic carbocycles. The van der Waals surface area contributed by atoms with Crippen LogP contribution in [0.1, 0.15) is 19.3 Å². The van der Waals surface area contributed by atoms with Crippen LogP contribution in [0.2, 0.25) is 0 Å². The third-order valence-electron chi connectivity index (χ3n) is 3.46. The van der Waals surface area contributed by atoms with Gasteiger partial charge >= 0.3 is 0 Å².